The fourth-order valence-corrected chi connectivity index (χ4v) is 2.63. The monoisotopic (exact) mass is 316 g/mol. The Morgan fingerprint density at radius 1 is 0.750 bits per heavy atom. The van der Waals surface area contributed by atoms with Gasteiger partial charge >= 0.3 is 0 Å². The second-order valence-electron chi connectivity index (χ2n) is 5.58. The van der Waals surface area contributed by atoms with Crippen LogP contribution >= 0.6 is 0 Å². The first-order valence-corrected chi connectivity index (χ1v) is 7.99. The van der Waals surface area contributed by atoms with E-state index in [1.54, 1.807) is 4.90 Å². The molecule has 0 aliphatic carbocycles. The summed E-state index contributed by atoms with van der Waals surface area (Å²) < 4.78 is 0. The number of nitrogens with zero attached hydrogens (tertiary/aromatic N) is 1. The Balaban J connectivity index is 1.78. The average molecular weight is 316 g/mol. The molecule has 120 valence electrons. The lowest BCUT2D eigenvalue weighted by atomic mass is 10.1. The fraction of sp³-hybridized carbons (Fsp3) is 0.0952. The van der Waals surface area contributed by atoms with Crippen molar-refractivity contribution in [1.82, 2.24) is 0 Å². The Labute approximate surface area is 142 Å². The van der Waals surface area contributed by atoms with Gasteiger partial charge in [-0.2, -0.15) is 0 Å². The molecule has 0 heterocycles. The van der Waals surface area contributed by atoms with Crippen LogP contribution in [0.4, 0.5) is 11.4 Å². The Bertz CT molecular complexity index is 772. The number of rotatable bonds is 7. The third-order valence-electron chi connectivity index (χ3n) is 3.86. The van der Waals surface area contributed by atoms with E-state index in [2.05, 4.69) is 17.4 Å². The van der Waals surface area contributed by atoms with Gasteiger partial charge in [0.15, 0.2) is 0 Å². The molecule has 0 fully saturated rings. The van der Waals surface area contributed by atoms with Crippen molar-refractivity contribution in [2.24, 2.45) is 0 Å². The number of benzene rings is 3. The molecule has 0 atom stereocenters. The third-order valence-corrected chi connectivity index (χ3v) is 3.86. The molecule has 0 saturated heterocycles. The zero-order valence-corrected chi connectivity index (χ0v) is 13.4. The summed E-state index contributed by atoms with van der Waals surface area (Å²) in [7, 11) is 0. The number of hydrogen-bond donors (Lipinski definition) is 1. The lowest BCUT2D eigenvalue weighted by molar-refractivity contribution is -0.107. The van der Waals surface area contributed by atoms with E-state index in [9.17, 15) is 4.79 Å². The molecule has 0 radical (unpaired) electrons. The molecule has 0 aliphatic heterocycles. The van der Waals surface area contributed by atoms with Crippen LogP contribution in [0.5, 0.6) is 0 Å². The molecule has 3 heteroatoms. The lowest BCUT2D eigenvalue weighted by Crippen LogP contribution is -2.21. The molecule has 3 aromatic rings. The molecule has 0 aliphatic rings. The van der Waals surface area contributed by atoms with Crippen LogP contribution in [-0.2, 0) is 17.9 Å². The molecule has 0 bridgehead atoms. The molecule has 3 aromatic carbocycles. The maximum absolute atomic E-state index is 11.6. The summed E-state index contributed by atoms with van der Waals surface area (Å²) in [6.07, 6.45) is 0.885. The van der Waals surface area contributed by atoms with Crippen molar-refractivity contribution in [3.8, 4) is 0 Å². The van der Waals surface area contributed by atoms with E-state index >= 15 is 0 Å². The summed E-state index contributed by atoms with van der Waals surface area (Å²) >= 11 is 0. The van der Waals surface area contributed by atoms with Gasteiger partial charge in [-0.05, 0) is 23.3 Å². The molecule has 1 N–H and O–H groups in total. The van der Waals surface area contributed by atoms with Crippen molar-refractivity contribution in [1.29, 1.82) is 0 Å². The van der Waals surface area contributed by atoms with E-state index in [1.807, 2.05) is 72.8 Å². The molecule has 0 saturated carbocycles. The Morgan fingerprint density at radius 2 is 1.33 bits per heavy atom. The van der Waals surface area contributed by atoms with Crippen LogP contribution in [0, 0.1) is 0 Å². The molecule has 0 unspecified atom stereocenters. The van der Waals surface area contributed by atoms with Crippen molar-refractivity contribution in [3.63, 3.8) is 0 Å². The van der Waals surface area contributed by atoms with E-state index in [1.165, 1.54) is 5.56 Å². The minimum absolute atomic E-state index is 0.550. The highest BCUT2D eigenvalue weighted by molar-refractivity contribution is 5.83. The molecular formula is C21H20N2O. The van der Waals surface area contributed by atoms with Gasteiger partial charge in [0.2, 0.25) is 6.41 Å². The number of carbonyl (C=O) groups is 1. The van der Waals surface area contributed by atoms with E-state index in [4.69, 9.17) is 0 Å². The second kappa shape index (κ2) is 7.97. The number of nitrogens with one attached hydrogen (secondary N) is 1. The van der Waals surface area contributed by atoms with E-state index in [0.29, 0.717) is 6.54 Å². The van der Waals surface area contributed by atoms with Crippen LogP contribution in [0.25, 0.3) is 0 Å². The van der Waals surface area contributed by atoms with Crippen molar-refractivity contribution in [2.45, 2.75) is 13.1 Å². The van der Waals surface area contributed by atoms with Gasteiger partial charge in [-0.1, -0.05) is 72.8 Å². The summed E-state index contributed by atoms with van der Waals surface area (Å²) in [5, 5.41) is 3.43. The fourth-order valence-electron chi connectivity index (χ4n) is 2.63. The first-order chi connectivity index (χ1) is 11.9. The number of amides is 1. The van der Waals surface area contributed by atoms with Gasteiger partial charge in [0.1, 0.15) is 0 Å². The summed E-state index contributed by atoms with van der Waals surface area (Å²) in [6.45, 7) is 1.27. The number of anilines is 2. The molecule has 0 aromatic heterocycles. The van der Waals surface area contributed by atoms with Gasteiger partial charge in [-0.25, -0.2) is 0 Å². The Hall–Kier alpha value is -3.07. The van der Waals surface area contributed by atoms with Crippen molar-refractivity contribution >= 4 is 17.8 Å². The molecule has 0 spiro atoms. The average Bonchev–Trinajstić information content (AvgIpc) is 2.66. The first-order valence-electron chi connectivity index (χ1n) is 7.99. The molecule has 24 heavy (non-hydrogen) atoms. The second-order valence-corrected chi connectivity index (χ2v) is 5.58. The van der Waals surface area contributed by atoms with E-state index < -0.39 is 0 Å². The highest BCUT2D eigenvalue weighted by atomic mass is 16.1. The standard InChI is InChI=1S/C21H20N2O/c24-17-23(16-19-11-5-2-6-12-19)21-14-8-7-13-20(21)22-15-18-9-3-1-4-10-18/h1-14,17,22H,15-16H2. The minimum Gasteiger partial charge on any atom is -0.379 e. The van der Waals surface area contributed by atoms with Crippen molar-refractivity contribution in [3.05, 3.63) is 96.1 Å². The predicted molar refractivity (Wildman–Crippen MR) is 98.9 cm³/mol. The molecular weight excluding hydrogens is 296 g/mol. The van der Waals surface area contributed by atoms with Crippen LogP contribution in [0.2, 0.25) is 0 Å². The SMILES string of the molecule is O=CN(Cc1ccccc1)c1ccccc1NCc1ccccc1. The van der Waals surface area contributed by atoms with Crippen LogP contribution in [0.15, 0.2) is 84.9 Å². The number of para-hydroxylation sites is 2. The maximum Gasteiger partial charge on any atom is 0.214 e. The topological polar surface area (TPSA) is 32.3 Å². The van der Waals surface area contributed by atoms with Crippen LogP contribution in [0.1, 0.15) is 11.1 Å². The minimum atomic E-state index is 0.550. The smallest absolute Gasteiger partial charge is 0.214 e. The van der Waals surface area contributed by atoms with Crippen LogP contribution < -0.4 is 10.2 Å². The molecule has 3 rings (SSSR count). The van der Waals surface area contributed by atoms with Crippen LogP contribution in [0.3, 0.4) is 0 Å². The lowest BCUT2D eigenvalue weighted by Gasteiger charge is -2.21. The summed E-state index contributed by atoms with van der Waals surface area (Å²) in [6, 6.07) is 28.1. The zero-order valence-electron chi connectivity index (χ0n) is 13.4. The van der Waals surface area contributed by atoms with Gasteiger partial charge in [-0.15, -0.1) is 0 Å². The first kappa shape index (κ1) is 15.8. The summed E-state index contributed by atoms with van der Waals surface area (Å²) in [5.41, 5.74) is 4.13. The molecule has 3 nitrogen and oxygen atoms in total. The maximum atomic E-state index is 11.6. The van der Waals surface area contributed by atoms with Crippen molar-refractivity contribution in [2.75, 3.05) is 10.2 Å². The normalized spacial score (nSPS) is 10.2. The third kappa shape index (κ3) is 4.02. The quantitative estimate of drug-likeness (QED) is 0.653. The zero-order chi connectivity index (χ0) is 16.6. The Morgan fingerprint density at radius 3 is 2.00 bits per heavy atom. The highest BCUT2D eigenvalue weighted by Crippen LogP contribution is 2.26. The van der Waals surface area contributed by atoms with Gasteiger partial charge < -0.3 is 10.2 Å². The number of hydrogen-bond acceptors (Lipinski definition) is 2. The van der Waals surface area contributed by atoms with Gasteiger partial charge in [0.05, 0.1) is 17.9 Å². The van der Waals surface area contributed by atoms with Gasteiger partial charge in [0.25, 0.3) is 0 Å². The summed E-state index contributed by atoms with van der Waals surface area (Å²) in [4.78, 5) is 13.4. The summed E-state index contributed by atoms with van der Waals surface area (Å²) in [5.74, 6) is 0. The van der Waals surface area contributed by atoms with Gasteiger partial charge in [0, 0.05) is 6.54 Å². The van der Waals surface area contributed by atoms with Gasteiger partial charge in [-0.3, -0.25) is 4.79 Å². The van der Waals surface area contributed by atoms with E-state index in [-0.39, 0.29) is 0 Å². The predicted octanol–water partition coefficient (Wildman–Crippen LogP) is 4.46. The van der Waals surface area contributed by atoms with Crippen molar-refractivity contribution < 1.29 is 4.79 Å². The highest BCUT2D eigenvalue weighted by Gasteiger charge is 2.10. The van der Waals surface area contributed by atoms with Crippen LogP contribution in [-0.4, -0.2) is 6.41 Å². The number of carbonyl (C=O) groups excluding carboxylic acids is 1. The Kier molecular flexibility index (Phi) is 5.25. The largest absolute Gasteiger partial charge is 0.379 e. The molecule has 1 amide bonds. The van der Waals surface area contributed by atoms with E-state index in [0.717, 1.165) is 29.9 Å².